The minimum absolute atomic E-state index is 0.0170. The lowest BCUT2D eigenvalue weighted by molar-refractivity contribution is -0.153. The Morgan fingerprint density at radius 1 is 1.06 bits per heavy atom. The van der Waals surface area contributed by atoms with Crippen LogP contribution in [0.2, 0.25) is 0 Å². The molecule has 1 aromatic heterocycles. The predicted molar refractivity (Wildman–Crippen MR) is 136 cm³/mol. The first-order valence-corrected chi connectivity index (χ1v) is 12.0. The monoisotopic (exact) mass is 502 g/mol. The number of carbonyl (C=O) groups is 3. The van der Waals surface area contributed by atoms with E-state index in [4.69, 9.17) is 4.74 Å². The maximum absolute atomic E-state index is 13.4. The van der Waals surface area contributed by atoms with Crippen molar-refractivity contribution in [2.45, 2.75) is 59.8 Å². The smallest absolute Gasteiger partial charge is 0.273 e. The average molecular weight is 503 g/mol. The number of likely N-dealkylation sites (N-methyl/N-ethyl adjacent to an activating group) is 1. The van der Waals surface area contributed by atoms with Crippen molar-refractivity contribution in [2.75, 3.05) is 7.05 Å². The Balaban J connectivity index is 2.34. The van der Waals surface area contributed by atoms with Gasteiger partial charge in [-0.25, -0.2) is 5.48 Å². The standard InChI is InChI=1S/C26H38N4O6/c1-15(2)12-18(23(32)28-22(25(34)27-6)26(3,4)5)21(24(33)29-35)36-14-16-8-10-19-17(13-16)9-11-20(31)30(19)7/h8-11,13,15,18,21-22,35H,12,14H2,1-7H3,(H,27,34)(H,28,32)(H,29,33)/t18-,21-,22+/m0/s1. The van der Waals surface area contributed by atoms with Gasteiger partial charge in [0.2, 0.25) is 11.8 Å². The third kappa shape index (κ3) is 7.14. The van der Waals surface area contributed by atoms with Crippen LogP contribution in [0.4, 0.5) is 0 Å². The second-order valence-electron chi connectivity index (χ2n) is 10.5. The molecule has 0 aliphatic carbocycles. The van der Waals surface area contributed by atoms with E-state index in [1.165, 1.54) is 17.7 Å². The van der Waals surface area contributed by atoms with E-state index >= 15 is 0 Å². The number of benzene rings is 1. The quantitative estimate of drug-likeness (QED) is 0.289. The van der Waals surface area contributed by atoms with Crippen molar-refractivity contribution >= 4 is 28.6 Å². The highest BCUT2D eigenvalue weighted by Gasteiger charge is 2.39. The van der Waals surface area contributed by atoms with Crippen molar-refractivity contribution in [3.05, 3.63) is 46.2 Å². The Morgan fingerprint density at radius 3 is 2.28 bits per heavy atom. The second kappa shape index (κ2) is 12.1. The van der Waals surface area contributed by atoms with Crippen LogP contribution in [0, 0.1) is 17.3 Å². The Kier molecular flexibility index (Phi) is 9.77. The summed E-state index contributed by atoms with van der Waals surface area (Å²) in [6, 6.07) is 7.73. The molecule has 0 radical (unpaired) electrons. The molecule has 0 bridgehead atoms. The predicted octanol–water partition coefficient (Wildman–Crippen LogP) is 1.87. The molecule has 36 heavy (non-hydrogen) atoms. The van der Waals surface area contributed by atoms with Crippen molar-refractivity contribution in [1.29, 1.82) is 0 Å². The fourth-order valence-corrected chi connectivity index (χ4v) is 4.09. The number of hydrogen-bond acceptors (Lipinski definition) is 6. The molecule has 0 saturated heterocycles. The zero-order valence-corrected chi connectivity index (χ0v) is 22.0. The lowest BCUT2D eigenvalue weighted by atomic mass is 9.84. The molecule has 10 heteroatoms. The third-order valence-electron chi connectivity index (χ3n) is 6.08. The largest absolute Gasteiger partial charge is 0.363 e. The molecule has 198 valence electrons. The van der Waals surface area contributed by atoms with Gasteiger partial charge in [0.1, 0.15) is 12.1 Å². The van der Waals surface area contributed by atoms with Gasteiger partial charge < -0.3 is 19.9 Å². The Hall–Kier alpha value is -3.24. The maximum Gasteiger partial charge on any atom is 0.273 e. The molecule has 10 nitrogen and oxygen atoms in total. The van der Waals surface area contributed by atoms with Crippen molar-refractivity contribution in [3.63, 3.8) is 0 Å². The van der Waals surface area contributed by atoms with Gasteiger partial charge in [-0.05, 0) is 46.9 Å². The first kappa shape index (κ1) is 29.0. The van der Waals surface area contributed by atoms with E-state index in [2.05, 4.69) is 10.6 Å². The molecule has 0 aliphatic heterocycles. The summed E-state index contributed by atoms with van der Waals surface area (Å²) in [5.41, 5.74) is 2.37. The lowest BCUT2D eigenvalue weighted by Crippen LogP contribution is -2.56. The SMILES string of the molecule is CNC(=O)[C@@H](NC(=O)[C@@H](CC(C)C)[C@H](OCc1ccc2c(ccc(=O)n2C)c1)C(=O)NO)C(C)(C)C. The number of hydroxylamine groups is 1. The van der Waals surface area contributed by atoms with Crippen LogP contribution >= 0.6 is 0 Å². The highest BCUT2D eigenvalue weighted by molar-refractivity contribution is 5.92. The van der Waals surface area contributed by atoms with E-state index in [1.54, 1.807) is 30.7 Å². The molecule has 2 rings (SSSR count). The molecule has 1 aromatic carbocycles. The first-order valence-electron chi connectivity index (χ1n) is 12.0. The molecule has 4 N–H and O–H groups in total. The van der Waals surface area contributed by atoms with Gasteiger partial charge in [-0.3, -0.25) is 24.4 Å². The number of hydrogen-bond donors (Lipinski definition) is 4. The van der Waals surface area contributed by atoms with E-state index in [-0.39, 0.29) is 30.4 Å². The number of aryl methyl sites for hydroxylation is 1. The Morgan fingerprint density at radius 2 is 1.72 bits per heavy atom. The van der Waals surface area contributed by atoms with Gasteiger partial charge in [0, 0.05) is 20.2 Å². The van der Waals surface area contributed by atoms with Gasteiger partial charge in [0.25, 0.3) is 11.5 Å². The van der Waals surface area contributed by atoms with Gasteiger partial charge >= 0.3 is 0 Å². The Labute approximate surface area is 211 Å². The zero-order chi connectivity index (χ0) is 27.2. The molecule has 0 unspecified atom stereocenters. The number of nitrogens with one attached hydrogen (secondary N) is 3. The number of amides is 3. The normalized spacial score (nSPS) is 14.2. The van der Waals surface area contributed by atoms with E-state index in [0.717, 1.165) is 16.5 Å². The van der Waals surface area contributed by atoms with E-state index < -0.39 is 35.3 Å². The fraction of sp³-hybridized carbons (Fsp3) is 0.538. The van der Waals surface area contributed by atoms with E-state index in [9.17, 15) is 24.4 Å². The van der Waals surface area contributed by atoms with Crippen LogP contribution in [0.5, 0.6) is 0 Å². The van der Waals surface area contributed by atoms with Crippen LogP contribution in [0.3, 0.4) is 0 Å². The molecule has 0 aliphatic rings. The average Bonchev–Trinajstić information content (AvgIpc) is 2.82. The minimum Gasteiger partial charge on any atom is -0.363 e. The molecule has 3 amide bonds. The number of nitrogens with zero attached hydrogens (tertiary/aromatic N) is 1. The van der Waals surface area contributed by atoms with Crippen LogP contribution in [-0.2, 0) is 32.8 Å². The number of fused-ring (bicyclic) bond motifs is 1. The summed E-state index contributed by atoms with van der Waals surface area (Å²) in [7, 11) is 3.17. The summed E-state index contributed by atoms with van der Waals surface area (Å²) in [4.78, 5) is 50.4. The second-order valence-corrected chi connectivity index (χ2v) is 10.5. The summed E-state index contributed by atoms with van der Waals surface area (Å²) in [6.45, 7) is 9.28. The van der Waals surface area contributed by atoms with Gasteiger partial charge in [-0.1, -0.05) is 40.7 Å². The molecule has 3 atom stereocenters. The molecule has 1 heterocycles. The van der Waals surface area contributed by atoms with E-state index in [0.29, 0.717) is 0 Å². The molecular weight excluding hydrogens is 464 g/mol. The Bertz CT molecular complexity index is 1150. The zero-order valence-electron chi connectivity index (χ0n) is 22.0. The van der Waals surface area contributed by atoms with Crippen molar-refractivity contribution in [3.8, 4) is 0 Å². The van der Waals surface area contributed by atoms with E-state index in [1.807, 2.05) is 40.7 Å². The van der Waals surface area contributed by atoms with Crippen molar-refractivity contribution < 1.29 is 24.3 Å². The highest BCUT2D eigenvalue weighted by atomic mass is 16.5. The summed E-state index contributed by atoms with van der Waals surface area (Å²) in [5.74, 6) is -2.67. The van der Waals surface area contributed by atoms with Gasteiger partial charge in [0.15, 0.2) is 0 Å². The van der Waals surface area contributed by atoms with Crippen molar-refractivity contribution in [1.82, 2.24) is 20.7 Å². The minimum atomic E-state index is -1.31. The molecule has 0 spiro atoms. The van der Waals surface area contributed by atoms with Gasteiger partial charge in [0.05, 0.1) is 18.0 Å². The fourth-order valence-electron chi connectivity index (χ4n) is 4.09. The number of rotatable bonds is 10. The maximum atomic E-state index is 13.4. The van der Waals surface area contributed by atoms with Crippen LogP contribution in [-0.4, -0.2) is 46.7 Å². The number of pyridine rings is 1. The molecular formula is C26H38N4O6. The van der Waals surface area contributed by atoms with Gasteiger partial charge in [-0.2, -0.15) is 0 Å². The summed E-state index contributed by atoms with van der Waals surface area (Å²) in [6.07, 6.45) is -1.02. The number of aromatic nitrogens is 1. The van der Waals surface area contributed by atoms with Crippen LogP contribution in [0.25, 0.3) is 10.9 Å². The van der Waals surface area contributed by atoms with Crippen LogP contribution < -0.4 is 21.7 Å². The summed E-state index contributed by atoms with van der Waals surface area (Å²) < 4.78 is 7.45. The topological polar surface area (TPSA) is 139 Å². The molecule has 0 saturated carbocycles. The molecule has 0 fully saturated rings. The highest BCUT2D eigenvalue weighted by Crippen LogP contribution is 2.24. The first-order chi connectivity index (χ1) is 16.8. The third-order valence-corrected chi connectivity index (χ3v) is 6.08. The van der Waals surface area contributed by atoms with Crippen LogP contribution in [0.15, 0.2) is 35.1 Å². The summed E-state index contributed by atoms with van der Waals surface area (Å²) >= 11 is 0. The van der Waals surface area contributed by atoms with Gasteiger partial charge in [-0.15, -0.1) is 0 Å². The molecule has 2 aromatic rings. The number of ether oxygens (including phenoxy) is 1. The van der Waals surface area contributed by atoms with Crippen LogP contribution in [0.1, 0.15) is 46.6 Å². The number of carbonyl (C=O) groups excluding carboxylic acids is 3. The lowest BCUT2D eigenvalue weighted by Gasteiger charge is -2.33. The van der Waals surface area contributed by atoms with Crippen molar-refractivity contribution in [2.24, 2.45) is 24.3 Å². The summed E-state index contributed by atoms with van der Waals surface area (Å²) in [5, 5.41) is 15.6.